The second-order valence-electron chi connectivity index (χ2n) is 8.45. The molecule has 0 N–H and O–H groups in total. The molecule has 0 aliphatic heterocycles. The van der Waals surface area contributed by atoms with E-state index in [9.17, 15) is 4.57 Å². The standard InChI is InChI=1S/C28H30F2N3O3P/c1-3-35-37(34,36-4-2)21-20-27(29,30)26-31-22-33(32-26)28(23-14-8-5-9-15-23,24-16-10-6-11-17-24)25-18-12-7-13-19-25/h5-19,22H,3-4,20-21H2,1-2H3. The number of halogens is 2. The summed E-state index contributed by atoms with van der Waals surface area (Å²) in [5, 5.41) is 4.36. The van der Waals surface area contributed by atoms with Gasteiger partial charge in [-0.2, -0.15) is 8.78 Å². The smallest absolute Gasteiger partial charge is 0.309 e. The SMILES string of the molecule is CCOP(=O)(CCC(F)(F)c1ncn(C(c2ccccc2)(c2ccccc2)c2ccccc2)n1)OCC. The number of rotatable bonds is 12. The molecule has 194 valence electrons. The summed E-state index contributed by atoms with van der Waals surface area (Å²) in [6, 6.07) is 28.8. The topological polar surface area (TPSA) is 66.2 Å². The fourth-order valence-electron chi connectivity index (χ4n) is 4.48. The maximum Gasteiger partial charge on any atom is 0.330 e. The number of hydrogen-bond donors (Lipinski definition) is 0. The van der Waals surface area contributed by atoms with Gasteiger partial charge in [-0.05, 0) is 30.5 Å². The van der Waals surface area contributed by atoms with Crippen molar-refractivity contribution in [1.82, 2.24) is 14.8 Å². The molecular formula is C28H30F2N3O3P. The van der Waals surface area contributed by atoms with Crippen LogP contribution in [0.5, 0.6) is 0 Å². The maximum absolute atomic E-state index is 15.4. The molecule has 0 amide bonds. The van der Waals surface area contributed by atoms with E-state index in [1.165, 1.54) is 11.0 Å². The fourth-order valence-corrected chi connectivity index (χ4v) is 6.15. The highest BCUT2D eigenvalue weighted by Crippen LogP contribution is 2.51. The van der Waals surface area contributed by atoms with Crippen LogP contribution in [0.2, 0.25) is 0 Å². The summed E-state index contributed by atoms with van der Waals surface area (Å²) in [6.07, 6.45) is 0.113. The first-order chi connectivity index (χ1) is 17.9. The van der Waals surface area contributed by atoms with Crippen LogP contribution < -0.4 is 0 Å². The van der Waals surface area contributed by atoms with Crippen molar-refractivity contribution in [2.45, 2.75) is 31.7 Å². The number of aromatic nitrogens is 3. The third-order valence-corrected chi connectivity index (χ3v) is 8.16. The Kier molecular flexibility index (Phi) is 8.32. The maximum atomic E-state index is 15.4. The zero-order chi connectivity index (χ0) is 26.4. The van der Waals surface area contributed by atoms with Crippen LogP contribution in [0.25, 0.3) is 0 Å². The van der Waals surface area contributed by atoms with Crippen LogP contribution in [-0.2, 0) is 25.1 Å². The normalized spacial score (nSPS) is 12.5. The van der Waals surface area contributed by atoms with Crippen LogP contribution in [0, 0.1) is 0 Å². The van der Waals surface area contributed by atoms with E-state index in [-0.39, 0.29) is 13.2 Å². The number of nitrogens with zero attached hydrogens (tertiary/aromatic N) is 3. The van der Waals surface area contributed by atoms with E-state index in [0.717, 1.165) is 16.7 Å². The second-order valence-corrected chi connectivity index (χ2v) is 10.6. The van der Waals surface area contributed by atoms with E-state index in [2.05, 4.69) is 10.1 Å². The lowest BCUT2D eigenvalue weighted by molar-refractivity contribution is -0.0186. The molecule has 9 heteroatoms. The molecule has 3 aromatic carbocycles. The van der Waals surface area contributed by atoms with Crippen molar-refractivity contribution >= 4 is 7.60 Å². The summed E-state index contributed by atoms with van der Waals surface area (Å²) in [6.45, 7) is 3.49. The Hall–Kier alpha value is -3.19. The van der Waals surface area contributed by atoms with Crippen molar-refractivity contribution in [3.05, 3.63) is 120 Å². The minimum atomic E-state index is -3.65. The van der Waals surface area contributed by atoms with Crippen molar-refractivity contribution in [3.8, 4) is 0 Å². The monoisotopic (exact) mass is 525 g/mol. The van der Waals surface area contributed by atoms with Gasteiger partial charge in [0.15, 0.2) is 0 Å². The van der Waals surface area contributed by atoms with Crippen LogP contribution in [0.1, 0.15) is 42.8 Å². The van der Waals surface area contributed by atoms with E-state index in [4.69, 9.17) is 9.05 Å². The fraction of sp³-hybridized carbons (Fsp3) is 0.286. The van der Waals surface area contributed by atoms with Gasteiger partial charge in [0.05, 0.1) is 19.4 Å². The van der Waals surface area contributed by atoms with Crippen molar-refractivity contribution < 1.29 is 22.4 Å². The first-order valence-corrected chi connectivity index (χ1v) is 13.9. The predicted octanol–water partition coefficient (Wildman–Crippen LogP) is 6.87. The van der Waals surface area contributed by atoms with Gasteiger partial charge < -0.3 is 9.05 Å². The second kappa shape index (κ2) is 11.5. The van der Waals surface area contributed by atoms with Crippen LogP contribution in [0.4, 0.5) is 8.78 Å². The lowest BCUT2D eigenvalue weighted by Gasteiger charge is -2.36. The number of alkyl halides is 2. The molecule has 4 aromatic rings. The van der Waals surface area contributed by atoms with Gasteiger partial charge in [0.25, 0.3) is 0 Å². The van der Waals surface area contributed by atoms with E-state index in [1.807, 2.05) is 91.0 Å². The van der Waals surface area contributed by atoms with Crippen LogP contribution in [0.15, 0.2) is 97.3 Å². The first kappa shape index (κ1) is 26.9. The largest absolute Gasteiger partial charge is 0.330 e. The minimum absolute atomic E-state index is 0.101. The molecule has 4 rings (SSSR count). The molecule has 0 unspecified atom stereocenters. The Morgan fingerprint density at radius 1 is 0.784 bits per heavy atom. The predicted molar refractivity (Wildman–Crippen MR) is 139 cm³/mol. The number of hydrogen-bond acceptors (Lipinski definition) is 5. The third-order valence-electron chi connectivity index (χ3n) is 6.09. The van der Waals surface area contributed by atoms with Gasteiger partial charge in [-0.1, -0.05) is 91.0 Å². The Morgan fingerprint density at radius 3 is 1.62 bits per heavy atom. The molecule has 0 aliphatic rings. The lowest BCUT2D eigenvalue weighted by Crippen LogP contribution is -2.38. The van der Waals surface area contributed by atoms with Gasteiger partial charge in [-0.15, -0.1) is 5.10 Å². The first-order valence-electron chi connectivity index (χ1n) is 12.2. The highest BCUT2D eigenvalue weighted by molar-refractivity contribution is 7.53. The van der Waals surface area contributed by atoms with Crippen molar-refractivity contribution in [1.29, 1.82) is 0 Å². The molecule has 0 saturated heterocycles. The summed E-state index contributed by atoms with van der Waals surface area (Å²) in [4.78, 5) is 4.05. The van der Waals surface area contributed by atoms with Gasteiger partial charge in [-0.25, -0.2) is 9.67 Å². The number of benzene rings is 3. The Bertz CT molecular complexity index is 1210. The molecule has 1 aromatic heterocycles. The average molecular weight is 526 g/mol. The molecule has 0 bridgehead atoms. The van der Waals surface area contributed by atoms with Gasteiger partial charge in [-0.3, -0.25) is 4.57 Å². The van der Waals surface area contributed by atoms with Crippen molar-refractivity contribution in [2.24, 2.45) is 0 Å². The summed E-state index contributed by atoms with van der Waals surface area (Å²) in [5.74, 6) is -4.11. The van der Waals surface area contributed by atoms with Crippen LogP contribution in [-0.4, -0.2) is 34.1 Å². The Labute approximate surface area is 215 Å². The van der Waals surface area contributed by atoms with Gasteiger partial charge in [0.1, 0.15) is 11.9 Å². The molecule has 37 heavy (non-hydrogen) atoms. The lowest BCUT2D eigenvalue weighted by atomic mass is 9.77. The zero-order valence-corrected chi connectivity index (χ0v) is 21.7. The van der Waals surface area contributed by atoms with E-state index in [1.54, 1.807) is 13.8 Å². The van der Waals surface area contributed by atoms with Gasteiger partial charge in [0, 0.05) is 6.42 Å². The molecule has 0 fully saturated rings. The average Bonchev–Trinajstić information content (AvgIpc) is 3.42. The minimum Gasteiger partial charge on any atom is -0.309 e. The van der Waals surface area contributed by atoms with Gasteiger partial charge >= 0.3 is 13.5 Å². The molecular weight excluding hydrogens is 495 g/mol. The van der Waals surface area contributed by atoms with Crippen molar-refractivity contribution in [2.75, 3.05) is 19.4 Å². The molecule has 0 saturated carbocycles. The van der Waals surface area contributed by atoms with Crippen molar-refractivity contribution in [3.63, 3.8) is 0 Å². The van der Waals surface area contributed by atoms with Crippen LogP contribution in [0.3, 0.4) is 0 Å². The molecule has 0 radical (unpaired) electrons. The molecule has 0 atom stereocenters. The highest BCUT2D eigenvalue weighted by atomic mass is 31.2. The van der Waals surface area contributed by atoms with Gasteiger partial charge in [0.2, 0.25) is 5.82 Å². The summed E-state index contributed by atoms with van der Waals surface area (Å²) >= 11 is 0. The molecule has 1 heterocycles. The Balaban J connectivity index is 1.82. The zero-order valence-electron chi connectivity index (χ0n) is 20.8. The third kappa shape index (κ3) is 5.57. The Morgan fingerprint density at radius 2 is 1.22 bits per heavy atom. The summed E-state index contributed by atoms with van der Waals surface area (Å²) in [5.41, 5.74) is 1.45. The van der Waals surface area contributed by atoms with Crippen LogP contribution >= 0.6 is 7.60 Å². The molecule has 6 nitrogen and oxygen atoms in total. The van der Waals surface area contributed by atoms with E-state index < -0.39 is 37.5 Å². The molecule has 0 aliphatic carbocycles. The highest BCUT2D eigenvalue weighted by Gasteiger charge is 2.44. The quantitative estimate of drug-likeness (QED) is 0.149. The summed E-state index contributed by atoms with van der Waals surface area (Å²) in [7, 11) is -3.65. The van der Waals surface area contributed by atoms with E-state index in [0.29, 0.717) is 0 Å². The summed E-state index contributed by atoms with van der Waals surface area (Å²) < 4.78 is 55.5. The molecule has 0 spiro atoms. The van der Waals surface area contributed by atoms with E-state index >= 15 is 8.78 Å².